The Labute approximate surface area is 95.3 Å². The standard InChI is InChI=1S/C12H14N2O2/c1-6-11(7-2)8-9(3)14(5)12(16)13-10(4)15/h1,7-8H,2-3H2,4-5H3,(H,13,15,16)/b11-8-. The Kier molecular flexibility index (Phi) is 5.36. The molecule has 0 aromatic rings. The summed E-state index contributed by atoms with van der Waals surface area (Å²) in [5.74, 6) is 1.94. The number of terminal acetylenes is 1. The summed E-state index contributed by atoms with van der Waals surface area (Å²) < 4.78 is 0. The molecule has 0 spiro atoms. The summed E-state index contributed by atoms with van der Waals surface area (Å²) in [7, 11) is 1.48. The van der Waals surface area contributed by atoms with Crippen molar-refractivity contribution in [3.63, 3.8) is 0 Å². The van der Waals surface area contributed by atoms with Crippen molar-refractivity contribution in [3.05, 3.63) is 36.6 Å². The van der Waals surface area contributed by atoms with Gasteiger partial charge in [-0.1, -0.05) is 25.2 Å². The minimum Gasteiger partial charge on any atom is -0.298 e. The van der Waals surface area contributed by atoms with Gasteiger partial charge in [-0.2, -0.15) is 0 Å². The molecule has 4 heteroatoms. The number of carbonyl (C=O) groups is 2. The quantitative estimate of drug-likeness (QED) is 0.575. The Morgan fingerprint density at radius 2 is 2.06 bits per heavy atom. The molecule has 0 aliphatic heterocycles. The molecule has 0 heterocycles. The van der Waals surface area contributed by atoms with E-state index in [1.165, 1.54) is 31.0 Å². The first-order chi connectivity index (χ1) is 7.42. The van der Waals surface area contributed by atoms with E-state index in [0.717, 1.165) is 0 Å². The summed E-state index contributed by atoms with van der Waals surface area (Å²) in [5, 5.41) is 2.11. The summed E-state index contributed by atoms with van der Waals surface area (Å²) >= 11 is 0. The molecule has 0 aliphatic rings. The smallest absolute Gasteiger partial charge is 0.298 e. The van der Waals surface area contributed by atoms with E-state index in [-0.39, 0.29) is 0 Å². The summed E-state index contributed by atoms with van der Waals surface area (Å²) in [6.45, 7) is 8.42. The van der Waals surface area contributed by atoms with Gasteiger partial charge in [-0.15, -0.1) is 6.42 Å². The first-order valence-electron chi connectivity index (χ1n) is 4.47. The predicted octanol–water partition coefficient (Wildman–Crippen LogP) is 1.43. The third-order valence-corrected chi connectivity index (χ3v) is 1.73. The number of amides is 3. The molecule has 0 unspecified atom stereocenters. The van der Waals surface area contributed by atoms with Crippen molar-refractivity contribution < 1.29 is 9.59 Å². The number of carbonyl (C=O) groups excluding carboxylic acids is 2. The molecular formula is C12H14N2O2. The van der Waals surface area contributed by atoms with Crippen LogP contribution in [0.4, 0.5) is 4.79 Å². The van der Waals surface area contributed by atoms with Gasteiger partial charge < -0.3 is 0 Å². The number of imide groups is 1. The minimum atomic E-state index is -0.561. The topological polar surface area (TPSA) is 49.4 Å². The molecule has 84 valence electrons. The summed E-state index contributed by atoms with van der Waals surface area (Å²) in [6, 6.07) is -0.561. The van der Waals surface area contributed by atoms with Crippen LogP contribution in [0.2, 0.25) is 0 Å². The van der Waals surface area contributed by atoms with E-state index >= 15 is 0 Å². The maximum atomic E-state index is 11.4. The molecule has 1 N–H and O–H groups in total. The van der Waals surface area contributed by atoms with Crippen LogP contribution < -0.4 is 5.32 Å². The van der Waals surface area contributed by atoms with Gasteiger partial charge in [-0.05, 0) is 6.08 Å². The van der Waals surface area contributed by atoms with Gasteiger partial charge in [0, 0.05) is 25.2 Å². The Morgan fingerprint density at radius 1 is 1.50 bits per heavy atom. The summed E-state index contributed by atoms with van der Waals surface area (Å²) in [5.41, 5.74) is 0.874. The Bertz CT molecular complexity index is 400. The van der Waals surface area contributed by atoms with Crippen LogP contribution in [0.1, 0.15) is 6.92 Å². The second-order valence-corrected chi connectivity index (χ2v) is 2.98. The molecule has 0 saturated heterocycles. The van der Waals surface area contributed by atoms with E-state index in [9.17, 15) is 9.59 Å². The molecule has 0 fully saturated rings. The molecule has 0 radical (unpaired) electrons. The molecule has 0 rings (SSSR count). The Hall–Kier alpha value is -2.28. The minimum absolute atomic E-state index is 0.367. The van der Waals surface area contributed by atoms with Crippen molar-refractivity contribution in [3.8, 4) is 12.3 Å². The first kappa shape index (κ1) is 13.7. The van der Waals surface area contributed by atoms with E-state index in [2.05, 4.69) is 24.4 Å². The maximum absolute atomic E-state index is 11.4. The molecule has 16 heavy (non-hydrogen) atoms. The highest BCUT2D eigenvalue weighted by Gasteiger charge is 2.11. The second kappa shape index (κ2) is 6.25. The predicted molar refractivity (Wildman–Crippen MR) is 63.2 cm³/mol. The van der Waals surface area contributed by atoms with E-state index in [0.29, 0.717) is 11.3 Å². The number of allylic oxidation sites excluding steroid dienone is 3. The summed E-state index contributed by atoms with van der Waals surface area (Å²) in [6.07, 6.45) is 8.18. The molecular weight excluding hydrogens is 204 g/mol. The molecule has 0 aromatic heterocycles. The van der Waals surface area contributed by atoms with Gasteiger partial charge in [-0.25, -0.2) is 4.79 Å². The number of nitrogens with zero attached hydrogens (tertiary/aromatic N) is 1. The van der Waals surface area contributed by atoms with Gasteiger partial charge in [0.2, 0.25) is 5.91 Å². The zero-order valence-corrected chi connectivity index (χ0v) is 9.41. The molecule has 0 aliphatic carbocycles. The third-order valence-electron chi connectivity index (χ3n) is 1.73. The van der Waals surface area contributed by atoms with Crippen LogP contribution >= 0.6 is 0 Å². The van der Waals surface area contributed by atoms with Crippen LogP contribution in [-0.4, -0.2) is 23.9 Å². The van der Waals surface area contributed by atoms with Crippen LogP contribution in [0.5, 0.6) is 0 Å². The maximum Gasteiger partial charge on any atom is 0.328 e. The van der Waals surface area contributed by atoms with Crippen molar-refractivity contribution >= 4 is 11.9 Å². The van der Waals surface area contributed by atoms with E-state index in [4.69, 9.17) is 6.42 Å². The number of urea groups is 1. The van der Waals surface area contributed by atoms with Crippen LogP contribution in [-0.2, 0) is 4.79 Å². The van der Waals surface area contributed by atoms with Gasteiger partial charge in [0.1, 0.15) is 0 Å². The number of hydrogen-bond acceptors (Lipinski definition) is 2. The van der Waals surface area contributed by atoms with Gasteiger partial charge in [-0.3, -0.25) is 15.0 Å². The molecule has 3 amide bonds. The van der Waals surface area contributed by atoms with Crippen LogP contribution in [0.3, 0.4) is 0 Å². The van der Waals surface area contributed by atoms with Gasteiger partial charge >= 0.3 is 6.03 Å². The van der Waals surface area contributed by atoms with Crippen molar-refractivity contribution in [2.45, 2.75) is 6.92 Å². The average Bonchev–Trinajstić information content (AvgIpc) is 2.23. The number of hydrogen-bond donors (Lipinski definition) is 1. The molecule has 4 nitrogen and oxygen atoms in total. The third kappa shape index (κ3) is 4.29. The number of likely N-dealkylation sites (N-methyl/N-ethyl adjacent to an activating group) is 1. The van der Waals surface area contributed by atoms with Crippen molar-refractivity contribution in [1.82, 2.24) is 10.2 Å². The largest absolute Gasteiger partial charge is 0.328 e. The lowest BCUT2D eigenvalue weighted by molar-refractivity contribution is -0.118. The lowest BCUT2D eigenvalue weighted by Crippen LogP contribution is -2.38. The fourth-order valence-corrected chi connectivity index (χ4v) is 0.801. The van der Waals surface area contributed by atoms with Gasteiger partial charge in [0.15, 0.2) is 0 Å². The van der Waals surface area contributed by atoms with Crippen molar-refractivity contribution in [2.24, 2.45) is 0 Å². The zero-order valence-electron chi connectivity index (χ0n) is 9.41. The van der Waals surface area contributed by atoms with E-state index < -0.39 is 11.9 Å². The average molecular weight is 218 g/mol. The van der Waals surface area contributed by atoms with Crippen molar-refractivity contribution in [2.75, 3.05) is 7.05 Å². The van der Waals surface area contributed by atoms with Gasteiger partial charge in [0.25, 0.3) is 0 Å². The van der Waals surface area contributed by atoms with Crippen LogP contribution in [0.25, 0.3) is 0 Å². The highest BCUT2D eigenvalue weighted by molar-refractivity contribution is 5.93. The fraction of sp³-hybridized carbons (Fsp3) is 0.167. The normalized spacial score (nSPS) is 9.94. The fourth-order valence-electron chi connectivity index (χ4n) is 0.801. The van der Waals surface area contributed by atoms with Crippen LogP contribution in [0, 0.1) is 12.3 Å². The highest BCUT2D eigenvalue weighted by Crippen LogP contribution is 2.05. The van der Waals surface area contributed by atoms with E-state index in [1.54, 1.807) is 0 Å². The molecule has 0 atom stereocenters. The lowest BCUT2D eigenvalue weighted by Gasteiger charge is -2.17. The SMILES string of the molecule is C#C/C(C=C)=C/C(=C)N(C)C(=O)NC(C)=O. The lowest BCUT2D eigenvalue weighted by atomic mass is 10.2. The van der Waals surface area contributed by atoms with Gasteiger partial charge in [0.05, 0.1) is 0 Å². The second-order valence-electron chi connectivity index (χ2n) is 2.98. The summed E-state index contributed by atoms with van der Waals surface area (Å²) in [4.78, 5) is 23.2. The zero-order chi connectivity index (χ0) is 12.7. The number of nitrogens with one attached hydrogen (secondary N) is 1. The van der Waals surface area contributed by atoms with Crippen molar-refractivity contribution in [1.29, 1.82) is 0 Å². The molecule has 0 aromatic carbocycles. The highest BCUT2D eigenvalue weighted by atomic mass is 16.2. The van der Waals surface area contributed by atoms with E-state index in [1.807, 2.05) is 0 Å². The number of rotatable bonds is 3. The Balaban J connectivity index is 4.69. The van der Waals surface area contributed by atoms with Crippen LogP contribution in [0.15, 0.2) is 36.6 Å². The Morgan fingerprint density at radius 3 is 2.44 bits per heavy atom. The monoisotopic (exact) mass is 218 g/mol. The molecule has 0 saturated carbocycles. The molecule has 0 bridgehead atoms. The first-order valence-corrected chi connectivity index (χ1v) is 4.47.